The van der Waals surface area contributed by atoms with E-state index < -0.39 is 0 Å². The summed E-state index contributed by atoms with van der Waals surface area (Å²) in [7, 11) is 1.65. The summed E-state index contributed by atoms with van der Waals surface area (Å²) < 4.78 is 5.14. The van der Waals surface area contributed by atoms with Gasteiger partial charge in [-0.2, -0.15) is 0 Å². The molecule has 2 aromatic carbocycles. The number of ether oxygens (including phenoxy) is 1. The molecule has 0 fully saturated rings. The molecule has 18 heavy (non-hydrogen) atoms. The minimum atomic E-state index is 0.805. The second-order valence-electron chi connectivity index (χ2n) is 4.02. The van der Waals surface area contributed by atoms with Crippen LogP contribution < -0.4 is 4.74 Å². The molecule has 0 bridgehead atoms. The van der Waals surface area contributed by atoms with E-state index >= 15 is 0 Å². The van der Waals surface area contributed by atoms with Crippen molar-refractivity contribution >= 4 is 10.8 Å². The van der Waals surface area contributed by atoms with E-state index in [0.717, 1.165) is 22.4 Å². The van der Waals surface area contributed by atoms with E-state index in [-0.39, 0.29) is 0 Å². The Morgan fingerprint density at radius 1 is 1.06 bits per heavy atom. The number of benzene rings is 2. The molecule has 0 aliphatic heterocycles. The first-order valence-electron chi connectivity index (χ1n) is 5.78. The average Bonchev–Trinajstić information content (AvgIpc) is 2.47. The Labute approximate surface area is 106 Å². The Kier molecular flexibility index (Phi) is 2.69. The van der Waals surface area contributed by atoms with Crippen LogP contribution in [0.4, 0.5) is 0 Å². The lowest BCUT2D eigenvalue weighted by molar-refractivity contribution is 0.415. The van der Waals surface area contributed by atoms with Gasteiger partial charge in [-0.3, -0.25) is 0 Å². The van der Waals surface area contributed by atoms with Gasteiger partial charge in [0.1, 0.15) is 0 Å². The van der Waals surface area contributed by atoms with Crippen molar-refractivity contribution in [2.45, 2.75) is 0 Å². The summed E-state index contributed by atoms with van der Waals surface area (Å²) in [5.74, 6) is 0.805. The van der Waals surface area contributed by atoms with Crippen molar-refractivity contribution in [3.8, 4) is 17.0 Å². The summed E-state index contributed by atoms with van der Waals surface area (Å²) in [5, 5.41) is 2.33. The van der Waals surface area contributed by atoms with Gasteiger partial charge in [0.15, 0.2) is 0 Å². The van der Waals surface area contributed by atoms with Gasteiger partial charge in [0.05, 0.1) is 7.11 Å². The van der Waals surface area contributed by atoms with Crippen molar-refractivity contribution < 1.29 is 4.74 Å². The summed E-state index contributed by atoms with van der Waals surface area (Å²) in [6.07, 6.45) is 1.83. The topological polar surface area (TPSA) is 22.1 Å². The molecule has 0 atom stereocenters. The van der Waals surface area contributed by atoms with Crippen LogP contribution in [-0.4, -0.2) is 12.1 Å². The van der Waals surface area contributed by atoms with E-state index in [4.69, 9.17) is 4.74 Å². The van der Waals surface area contributed by atoms with Crippen LogP contribution in [0.5, 0.6) is 5.75 Å². The summed E-state index contributed by atoms with van der Waals surface area (Å²) in [5.41, 5.74) is 1.93. The van der Waals surface area contributed by atoms with Crippen molar-refractivity contribution in [3.05, 3.63) is 60.8 Å². The summed E-state index contributed by atoms with van der Waals surface area (Å²) in [4.78, 5) is 4.46. The molecule has 2 nitrogen and oxygen atoms in total. The Bertz CT molecular complexity index is 669. The van der Waals surface area contributed by atoms with E-state index in [9.17, 15) is 0 Å². The van der Waals surface area contributed by atoms with Gasteiger partial charge in [-0.25, -0.2) is 0 Å². The van der Waals surface area contributed by atoms with Crippen molar-refractivity contribution in [2.24, 2.45) is 0 Å². The molecular weight excluding hydrogens is 222 g/mol. The zero-order chi connectivity index (χ0) is 12.4. The Hall–Kier alpha value is -2.35. The van der Waals surface area contributed by atoms with Crippen LogP contribution in [0.1, 0.15) is 0 Å². The van der Waals surface area contributed by atoms with Crippen molar-refractivity contribution in [1.82, 2.24) is 4.98 Å². The quantitative estimate of drug-likeness (QED) is 0.630. The van der Waals surface area contributed by atoms with E-state index in [1.807, 2.05) is 42.6 Å². The Morgan fingerprint density at radius 3 is 2.72 bits per heavy atom. The molecule has 0 amide bonds. The second-order valence-corrected chi connectivity index (χ2v) is 4.02. The second kappa shape index (κ2) is 4.49. The number of hydrogen-bond acceptors (Lipinski definition) is 2. The lowest BCUT2D eigenvalue weighted by atomic mass is 10.0. The van der Waals surface area contributed by atoms with E-state index in [1.165, 1.54) is 5.39 Å². The normalized spacial score (nSPS) is 10.5. The molecule has 0 saturated carbocycles. The number of methoxy groups -OCH3 is 1. The van der Waals surface area contributed by atoms with Gasteiger partial charge in [0.25, 0.3) is 0 Å². The van der Waals surface area contributed by atoms with Gasteiger partial charge in [-0.15, -0.1) is 29.8 Å². The lowest BCUT2D eigenvalue weighted by Crippen LogP contribution is -1.87. The van der Waals surface area contributed by atoms with Gasteiger partial charge in [-0.05, 0) is 22.5 Å². The van der Waals surface area contributed by atoms with Crippen LogP contribution in [0.3, 0.4) is 0 Å². The lowest BCUT2D eigenvalue weighted by Gasteiger charge is -2.13. The largest absolute Gasteiger partial charge is 0.540 e. The zero-order valence-corrected chi connectivity index (χ0v) is 10.1. The monoisotopic (exact) mass is 234 g/mol. The summed E-state index contributed by atoms with van der Waals surface area (Å²) in [6, 6.07) is 19.2. The van der Waals surface area contributed by atoms with Crippen molar-refractivity contribution in [2.75, 3.05) is 7.11 Å². The molecule has 0 radical (unpaired) electrons. The number of nitrogens with zero attached hydrogens (tertiary/aromatic N) is 1. The standard InChI is InChI=1S/C16H12NO/c1-18-14-8-6-13(7-9-14)16-15-5-3-2-4-12(15)10-11-17-16/h2-6,8-11H,1H3/q-1. The smallest absolute Gasteiger partial charge is 0.0647 e. The highest BCUT2D eigenvalue weighted by atomic mass is 16.5. The molecule has 1 heterocycles. The van der Waals surface area contributed by atoms with E-state index in [1.54, 1.807) is 7.11 Å². The first kappa shape index (κ1) is 10.8. The molecule has 2 heteroatoms. The number of rotatable bonds is 2. The summed E-state index contributed by atoms with van der Waals surface area (Å²) >= 11 is 0. The molecule has 3 rings (SSSR count). The zero-order valence-electron chi connectivity index (χ0n) is 10.1. The van der Waals surface area contributed by atoms with Gasteiger partial charge in [0, 0.05) is 11.9 Å². The average molecular weight is 234 g/mol. The number of aromatic nitrogens is 1. The highest BCUT2D eigenvalue weighted by Crippen LogP contribution is 2.27. The fraction of sp³-hybridized carbons (Fsp3) is 0.0625. The third kappa shape index (κ3) is 1.82. The minimum absolute atomic E-state index is 0.805. The van der Waals surface area contributed by atoms with Crippen LogP contribution >= 0.6 is 0 Å². The van der Waals surface area contributed by atoms with Crippen LogP contribution in [0.15, 0.2) is 54.7 Å². The molecule has 1 aromatic heterocycles. The predicted molar refractivity (Wildman–Crippen MR) is 72.6 cm³/mol. The first-order chi connectivity index (χ1) is 8.88. The Balaban J connectivity index is 2.18. The molecule has 88 valence electrons. The fourth-order valence-corrected chi connectivity index (χ4v) is 2.02. The maximum Gasteiger partial charge on any atom is 0.0647 e. The highest BCUT2D eigenvalue weighted by molar-refractivity contribution is 5.94. The molecule has 0 aliphatic rings. The first-order valence-corrected chi connectivity index (χ1v) is 5.78. The predicted octanol–water partition coefficient (Wildman–Crippen LogP) is 3.71. The van der Waals surface area contributed by atoms with Crippen LogP contribution in [-0.2, 0) is 0 Å². The maximum atomic E-state index is 5.14. The minimum Gasteiger partial charge on any atom is -0.540 e. The number of fused-ring (bicyclic) bond motifs is 1. The van der Waals surface area contributed by atoms with Gasteiger partial charge in [0.2, 0.25) is 0 Å². The third-order valence-corrected chi connectivity index (χ3v) is 2.95. The number of pyridine rings is 1. The van der Waals surface area contributed by atoms with Crippen molar-refractivity contribution in [3.63, 3.8) is 0 Å². The van der Waals surface area contributed by atoms with Gasteiger partial charge in [-0.1, -0.05) is 24.3 Å². The Morgan fingerprint density at radius 2 is 1.94 bits per heavy atom. The molecule has 0 unspecified atom stereocenters. The molecule has 0 saturated heterocycles. The van der Waals surface area contributed by atoms with Crippen LogP contribution in [0.2, 0.25) is 0 Å². The molecule has 3 aromatic rings. The number of hydrogen-bond donors (Lipinski definition) is 0. The van der Waals surface area contributed by atoms with E-state index in [2.05, 4.69) is 23.2 Å². The fourth-order valence-electron chi connectivity index (χ4n) is 2.02. The summed E-state index contributed by atoms with van der Waals surface area (Å²) in [6.45, 7) is 0. The third-order valence-electron chi connectivity index (χ3n) is 2.95. The van der Waals surface area contributed by atoms with E-state index in [0.29, 0.717) is 0 Å². The van der Waals surface area contributed by atoms with Gasteiger partial charge < -0.3 is 9.72 Å². The molecule has 0 spiro atoms. The van der Waals surface area contributed by atoms with Crippen molar-refractivity contribution in [1.29, 1.82) is 0 Å². The maximum absolute atomic E-state index is 5.14. The SMILES string of the molecule is COc1c[c-]c(-c2nccc3ccccc23)cc1. The molecule has 0 aliphatic carbocycles. The van der Waals surface area contributed by atoms with Gasteiger partial charge >= 0.3 is 0 Å². The van der Waals surface area contributed by atoms with Crippen LogP contribution in [0, 0.1) is 6.07 Å². The highest BCUT2D eigenvalue weighted by Gasteiger charge is 1.98. The molecule has 0 N–H and O–H groups in total. The van der Waals surface area contributed by atoms with Crippen LogP contribution in [0.25, 0.3) is 22.0 Å². The molecular formula is C16H12NO-.